The number of ether oxygens (including phenoxy) is 2. The molecule has 0 atom stereocenters. The van der Waals surface area contributed by atoms with E-state index in [0.29, 0.717) is 24.9 Å². The predicted octanol–water partition coefficient (Wildman–Crippen LogP) is 2.57. The number of rotatable bonds is 8. The van der Waals surface area contributed by atoms with Crippen LogP contribution in [-0.2, 0) is 11.3 Å². The maximum absolute atomic E-state index is 9.04. The van der Waals surface area contributed by atoms with E-state index in [1.54, 1.807) is 7.11 Å². The summed E-state index contributed by atoms with van der Waals surface area (Å²) in [6, 6.07) is 11.4. The Kier molecular flexibility index (Phi) is 5.61. The average molecular weight is 287 g/mol. The number of oxazole rings is 1. The molecule has 0 unspecified atom stereocenters. The highest BCUT2D eigenvalue weighted by Crippen LogP contribution is 2.18. The number of aromatic nitrogens is 1. The summed E-state index contributed by atoms with van der Waals surface area (Å²) in [7, 11) is 1.65. The first-order valence-electron chi connectivity index (χ1n) is 6.64. The minimum Gasteiger partial charge on any atom is -0.484 e. The van der Waals surface area contributed by atoms with Gasteiger partial charge in [0.1, 0.15) is 11.8 Å². The highest BCUT2D eigenvalue weighted by Gasteiger charge is 2.12. The van der Waals surface area contributed by atoms with Gasteiger partial charge >= 0.3 is 0 Å². The number of nitriles is 1. The van der Waals surface area contributed by atoms with Crippen LogP contribution in [0.1, 0.15) is 18.0 Å². The van der Waals surface area contributed by atoms with Crippen molar-refractivity contribution >= 4 is 5.88 Å². The molecule has 1 aromatic carbocycles. The maximum atomic E-state index is 9.04. The fourth-order valence-corrected chi connectivity index (χ4v) is 1.70. The molecule has 110 valence electrons. The van der Waals surface area contributed by atoms with E-state index >= 15 is 0 Å². The summed E-state index contributed by atoms with van der Waals surface area (Å²) in [5, 5.41) is 12.1. The first-order valence-corrected chi connectivity index (χ1v) is 6.64. The van der Waals surface area contributed by atoms with Gasteiger partial charge < -0.3 is 19.2 Å². The third-order valence-corrected chi connectivity index (χ3v) is 2.69. The summed E-state index contributed by atoms with van der Waals surface area (Å²) in [4.78, 5) is 4.10. The lowest BCUT2D eigenvalue weighted by atomic mass is 10.3. The van der Waals surface area contributed by atoms with Crippen molar-refractivity contribution in [2.45, 2.75) is 13.0 Å². The number of anilines is 1. The van der Waals surface area contributed by atoms with Crippen molar-refractivity contribution in [2.75, 3.05) is 25.6 Å². The average Bonchev–Trinajstić information content (AvgIpc) is 2.93. The third-order valence-electron chi connectivity index (χ3n) is 2.69. The van der Waals surface area contributed by atoms with E-state index in [9.17, 15) is 0 Å². The lowest BCUT2D eigenvalue weighted by molar-refractivity contribution is 0.197. The third kappa shape index (κ3) is 4.51. The van der Waals surface area contributed by atoms with Crippen LogP contribution in [-0.4, -0.2) is 25.2 Å². The van der Waals surface area contributed by atoms with Crippen LogP contribution in [0.4, 0.5) is 5.88 Å². The quantitative estimate of drug-likeness (QED) is 0.752. The predicted molar refractivity (Wildman–Crippen MR) is 77.0 cm³/mol. The molecule has 0 aliphatic rings. The molecular formula is C15H17N3O3. The molecule has 0 aliphatic carbocycles. The highest BCUT2D eigenvalue weighted by molar-refractivity contribution is 5.45. The molecule has 0 saturated heterocycles. The van der Waals surface area contributed by atoms with Gasteiger partial charge in [0.25, 0.3) is 0 Å². The van der Waals surface area contributed by atoms with Gasteiger partial charge in [-0.25, -0.2) is 0 Å². The van der Waals surface area contributed by atoms with Crippen LogP contribution in [0, 0.1) is 11.3 Å². The lowest BCUT2D eigenvalue weighted by Crippen LogP contribution is -2.04. The number of benzene rings is 1. The van der Waals surface area contributed by atoms with Gasteiger partial charge in [0.05, 0.1) is 0 Å². The van der Waals surface area contributed by atoms with Crippen molar-refractivity contribution < 1.29 is 13.9 Å². The molecule has 1 aromatic heterocycles. The normalized spacial score (nSPS) is 10.1. The molecule has 0 fully saturated rings. The van der Waals surface area contributed by atoms with Gasteiger partial charge in [0.15, 0.2) is 6.61 Å². The molecule has 0 bridgehead atoms. The van der Waals surface area contributed by atoms with Crippen LogP contribution in [0.5, 0.6) is 5.75 Å². The zero-order chi connectivity index (χ0) is 14.9. The van der Waals surface area contributed by atoms with E-state index in [0.717, 1.165) is 12.2 Å². The zero-order valence-corrected chi connectivity index (χ0v) is 11.8. The lowest BCUT2D eigenvalue weighted by Gasteiger charge is -2.03. The number of methoxy groups -OCH3 is 1. The Balaban J connectivity index is 1.92. The Bertz CT molecular complexity index is 590. The van der Waals surface area contributed by atoms with Crippen LogP contribution < -0.4 is 10.1 Å². The van der Waals surface area contributed by atoms with E-state index in [-0.39, 0.29) is 12.3 Å². The van der Waals surface area contributed by atoms with Crippen molar-refractivity contribution in [3.8, 4) is 11.8 Å². The molecule has 2 aromatic rings. The van der Waals surface area contributed by atoms with Crippen LogP contribution in [0.2, 0.25) is 0 Å². The second kappa shape index (κ2) is 7.92. The first kappa shape index (κ1) is 14.9. The van der Waals surface area contributed by atoms with Crippen LogP contribution in [0.15, 0.2) is 34.7 Å². The minimum absolute atomic E-state index is 0.179. The van der Waals surface area contributed by atoms with E-state index in [4.69, 9.17) is 19.2 Å². The molecule has 1 N–H and O–H groups in total. The van der Waals surface area contributed by atoms with E-state index in [1.807, 2.05) is 36.4 Å². The van der Waals surface area contributed by atoms with Gasteiger partial charge in [-0.3, -0.25) is 0 Å². The molecule has 2 rings (SSSR count). The summed E-state index contributed by atoms with van der Waals surface area (Å²) < 4.78 is 16.0. The largest absolute Gasteiger partial charge is 0.484 e. The number of hydrogen-bond acceptors (Lipinski definition) is 6. The number of para-hydroxylation sites is 1. The molecule has 6 nitrogen and oxygen atoms in total. The Morgan fingerprint density at radius 2 is 2.14 bits per heavy atom. The first-order chi connectivity index (χ1) is 10.3. The molecule has 0 spiro atoms. The van der Waals surface area contributed by atoms with Gasteiger partial charge in [0.2, 0.25) is 17.5 Å². The summed E-state index contributed by atoms with van der Waals surface area (Å²) in [5.74, 6) is 1.47. The molecule has 0 radical (unpaired) electrons. The highest BCUT2D eigenvalue weighted by atomic mass is 16.5. The minimum atomic E-state index is 0.179. The number of nitrogens with one attached hydrogen (secondary N) is 1. The fraction of sp³-hybridized carbons (Fsp3) is 0.333. The standard InChI is InChI=1S/C15H17N3O3/c1-19-9-5-8-17-15-13(10-16)18-14(21-15)11-20-12-6-3-2-4-7-12/h2-4,6-7,17H,5,8-9,11H2,1H3. The number of hydrogen-bond donors (Lipinski definition) is 1. The Hall–Kier alpha value is -2.52. The monoisotopic (exact) mass is 287 g/mol. The van der Waals surface area contributed by atoms with Gasteiger partial charge in [-0.1, -0.05) is 18.2 Å². The van der Waals surface area contributed by atoms with Gasteiger partial charge in [0, 0.05) is 20.3 Å². The van der Waals surface area contributed by atoms with E-state index < -0.39 is 0 Å². The topological polar surface area (TPSA) is 80.3 Å². The van der Waals surface area contributed by atoms with Crippen molar-refractivity contribution in [3.63, 3.8) is 0 Å². The van der Waals surface area contributed by atoms with E-state index in [2.05, 4.69) is 10.3 Å². The summed E-state index contributed by atoms with van der Waals surface area (Å²) >= 11 is 0. The fourth-order valence-electron chi connectivity index (χ4n) is 1.70. The van der Waals surface area contributed by atoms with Crippen molar-refractivity contribution in [1.82, 2.24) is 4.98 Å². The Labute approximate surface area is 123 Å². The van der Waals surface area contributed by atoms with Crippen molar-refractivity contribution in [3.05, 3.63) is 41.9 Å². The molecule has 0 saturated carbocycles. The van der Waals surface area contributed by atoms with Crippen molar-refractivity contribution in [1.29, 1.82) is 5.26 Å². The SMILES string of the molecule is COCCCNc1oc(COc2ccccc2)nc1C#N. The molecule has 1 heterocycles. The van der Waals surface area contributed by atoms with E-state index in [1.165, 1.54) is 0 Å². The zero-order valence-electron chi connectivity index (χ0n) is 11.8. The second-order valence-corrected chi connectivity index (χ2v) is 4.27. The second-order valence-electron chi connectivity index (χ2n) is 4.27. The molecule has 6 heteroatoms. The molecule has 0 amide bonds. The van der Waals surface area contributed by atoms with Crippen LogP contribution in [0.3, 0.4) is 0 Å². The molecule has 21 heavy (non-hydrogen) atoms. The Morgan fingerprint density at radius 3 is 2.86 bits per heavy atom. The molecular weight excluding hydrogens is 270 g/mol. The maximum Gasteiger partial charge on any atom is 0.236 e. The van der Waals surface area contributed by atoms with Crippen LogP contribution in [0.25, 0.3) is 0 Å². The number of nitrogens with zero attached hydrogens (tertiary/aromatic N) is 2. The van der Waals surface area contributed by atoms with Gasteiger partial charge in [-0.2, -0.15) is 10.2 Å². The van der Waals surface area contributed by atoms with Gasteiger partial charge in [-0.05, 0) is 18.6 Å². The Morgan fingerprint density at radius 1 is 1.33 bits per heavy atom. The van der Waals surface area contributed by atoms with Gasteiger partial charge in [-0.15, -0.1) is 0 Å². The van der Waals surface area contributed by atoms with Crippen LogP contribution >= 0.6 is 0 Å². The summed E-state index contributed by atoms with van der Waals surface area (Å²) in [6.07, 6.45) is 0.817. The summed E-state index contributed by atoms with van der Waals surface area (Å²) in [6.45, 7) is 1.47. The summed E-state index contributed by atoms with van der Waals surface area (Å²) in [5.41, 5.74) is 0.235. The molecule has 0 aliphatic heterocycles. The van der Waals surface area contributed by atoms with Crippen molar-refractivity contribution in [2.24, 2.45) is 0 Å². The smallest absolute Gasteiger partial charge is 0.236 e.